The van der Waals surface area contributed by atoms with E-state index >= 15 is 0 Å². The molecule has 3 aromatic rings. The van der Waals surface area contributed by atoms with E-state index in [1.165, 1.54) is 11.1 Å². The van der Waals surface area contributed by atoms with Crippen molar-refractivity contribution in [3.05, 3.63) is 47.4 Å². The molecular formula is C22H27N5O. The fourth-order valence-corrected chi connectivity index (χ4v) is 4.66. The highest BCUT2D eigenvalue weighted by Gasteiger charge is 2.30. The lowest BCUT2D eigenvalue weighted by Crippen LogP contribution is -2.32. The zero-order chi connectivity index (χ0) is 19.3. The van der Waals surface area contributed by atoms with Crippen LogP contribution in [-0.4, -0.2) is 43.3 Å². The SMILES string of the molecule is Cn1nc(C2CCN(Cc3ccc4c(c3)CC(C)(C)O4)CC2)c2nccnc21. The molecule has 1 aromatic carbocycles. The molecule has 0 N–H and O–H groups in total. The van der Waals surface area contributed by atoms with Gasteiger partial charge in [0.15, 0.2) is 5.65 Å². The largest absolute Gasteiger partial charge is 0.487 e. The van der Waals surface area contributed by atoms with Crippen LogP contribution in [0.5, 0.6) is 5.75 Å². The standard InChI is InChI=1S/C22H27N5O/c1-22(2)13-17-12-15(4-5-18(17)28-22)14-27-10-6-16(7-11-27)19-20-21(26(3)25-19)24-9-8-23-20/h4-5,8-9,12,16H,6-7,10-11,13-14H2,1-3H3. The zero-order valence-electron chi connectivity index (χ0n) is 16.9. The van der Waals surface area contributed by atoms with Gasteiger partial charge in [-0.15, -0.1) is 0 Å². The molecule has 4 heterocycles. The number of benzene rings is 1. The van der Waals surface area contributed by atoms with Gasteiger partial charge in [0.1, 0.15) is 16.9 Å². The van der Waals surface area contributed by atoms with Crippen molar-refractivity contribution in [2.24, 2.45) is 7.05 Å². The molecule has 0 aliphatic carbocycles. The van der Waals surface area contributed by atoms with E-state index in [9.17, 15) is 0 Å². The van der Waals surface area contributed by atoms with Crippen LogP contribution in [0, 0.1) is 0 Å². The lowest BCUT2D eigenvalue weighted by atomic mass is 9.92. The Morgan fingerprint density at radius 1 is 1.14 bits per heavy atom. The van der Waals surface area contributed by atoms with Gasteiger partial charge in [-0.05, 0) is 57.0 Å². The zero-order valence-corrected chi connectivity index (χ0v) is 16.9. The van der Waals surface area contributed by atoms with Crippen LogP contribution < -0.4 is 4.74 Å². The Hall–Kier alpha value is -2.47. The van der Waals surface area contributed by atoms with Crippen LogP contribution in [0.4, 0.5) is 0 Å². The molecule has 0 atom stereocenters. The van der Waals surface area contributed by atoms with E-state index in [0.29, 0.717) is 5.92 Å². The number of fused-ring (bicyclic) bond motifs is 2. The van der Waals surface area contributed by atoms with Gasteiger partial charge < -0.3 is 4.74 Å². The van der Waals surface area contributed by atoms with Crippen LogP contribution in [0.15, 0.2) is 30.6 Å². The Morgan fingerprint density at radius 2 is 1.93 bits per heavy atom. The molecule has 2 aromatic heterocycles. The Labute approximate surface area is 165 Å². The molecule has 0 radical (unpaired) electrons. The summed E-state index contributed by atoms with van der Waals surface area (Å²) in [5.74, 6) is 1.52. The second-order valence-electron chi connectivity index (χ2n) is 8.77. The van der Waals surface area contributed by atoms with Crippen molar-refractivity contribution in [2.45, 2.75) is 51.2 Å². The predicted molar refractivity (Wildman–Crippen MR) is 108 cm³/mol. The summed E-state index contributed by atoms with van der Waals surface area (Å²) in [7, 11) is 1.95. The Morgan fingerprint density at radius 3 is 2.75 bits per heavy atom. The van der Waals surface area contributed by atoms with Crippen molar-refractivity contribution < 1.29 is 4.74 Å². The molecule has 0 bridgehead atoms. The van der Waals surface area contributed by atoms with Crippen LogP contribution >= 0.6 is 0 Å². The summed E-state index contributed by atoms with van der Waals surface area (Å²) in [6.07, 6.45) is 6.72. The van der Waals surface area contributed by atoms with Gasteiger partial charge in [0.05, 0.1) is 5.69 Å². The Balaban J connectivity index is 1.26. The van der Waals surface area contributed by atoms with E-state index in [0.717, 1.165) is 61.5 Å². The van der Waals surface area contributed by atoms with Crippen molar-refractivity contribution in [1.29, 1.82) is 0 Å². The maximum atomic E-state index is 6.01. The Bertz CT molecular complexity index is 1020. The van der Waals surface area contributed by atoms with Gasteiger partial charge in [-0.25, -0.2) is 14.6 Å². The minimum absolute atomic E-state index is 0.0757. The summed E-state index contributed by atoms with van der Waals surface area (Å²) < 4.78 is 7.87. The third-order valence-corrected chi connectivity index (χ3v) is 5.99. The highest BCUT2D eigenvalue weighted by Crippen LogP contribution is 2.36. The van der Waals surface area contributed by atoms with Crippen molar-refractivity contribution in [3.8, 4) is 5.75 Å². The van der Waals surface area contributed by atoms with Crippen molar-refractivity contribution in [2.75, 3.05) is 13.1 Å². The molecule has 2 aliphatic heterocycles. The van der Waals surface area contributed by atoms with Crippen molar-refractivity contribution >= 4 is 11.2 Å². The second kappa shape index (κ2) is 6.55. The molecule has 2 aliphatic rings. The highest BCUT2D eigenvalue weighted by molar-refractivity contribution is 5.73. The average Bonchev–Trinajstić information content (AvgIpc) is 3.17. The molecule has 0 spiro atoms. The van der Waals surface area contributed by atoms with E-state index in [1.807, 2.05) is 11.7 Å². The summed E-state index contributed by atoms with van der Waals surface area (Å²) in [4.78, 5) is 11.5. The highest BCUT2D eigenvalue weighted by atomic mass is 16.5. The fourth-order valence-electron chi connectivity index (χ4n) is 4.66. The fraction of sp³-hybridized carbons (Fsp3) is 0.500. The smallest absolute Gasteiger partial charge is 0.176 e. The summed E-state index contributed by atoms with van der Waals surface area (Å²) >= 11 is 0. The number of rotatable bonds is 3. The maximum absolute atomic E-state index is 6.01. The first-order valence-corrected chi connectivity index (χ1v) is 10.2. The van der Waals surface area contributed by atoms with Crippen molar-refractivity contribution in [3.63, 3.8) is 0 Å². The third-order valence-electron chi connectivity index (χ3n) is 5.99. The molecular weight excluding hydrogens is 350 g/mol. The molecule has 1 fully saturated rings. The number of aromatic nitrogens is 4. The van der Waals surface area contributed by atoms with Gasteiger partial charge in [-0.2, -0.15) is 5.10 Å². The second-order valence-corrected chi connectivity index (χ2v) is 8.77. The first-order valence-electron chi connectivity index (χ1n) is 10.2. The molecule has 0 saturated carbocycles. The van der Waals surface area contributed by atoms with Crippen LogP contribution in [0.3, 0.4) is 0 Å². The molecule has 28 heavy (non-hydrogen) atoms. The summed E-state index contributed by atoms with van der Waals surface area (Å²) in [5, 5.41) is 4.73. The van der Waals surface area contributed by atoms with Crippen LogP contribution in [-0.2, 0) is 20.0 Å². The number of nitrogens with zero attached hydrogens (tertiary/aromatic N) is 5. The summed E-state index contributed by atoms with van der Waals surface area (Å²) in [5.41, 5.74) is 5.60. The molecule has 146 valence electrons. The van der Waals surface area contributed by atoms with Crippen LogP contribution in [0.1, 0.15) is 49.4 Å². The van der Waals surface area contributed by atoms with E-state index in [4.69, 9.17) is 9.84 Å². The number of aryl methyl sites for hydroxylation is 1. The number of piperidine rings is 1. The normalized spacial score (nSPS) is 19.7. The molecule has 6 nitrogen and oxygen atoms in total. The van der Waals surface area contributed by atoms with Gasteiger partial charge in [-0.3, -0.25) is 4.90 Å². The maximum Gasteiger partial charge on any atom is 0.176 e. The lowest BCUT2D eigenvalue weighted by molar-refractivity contribution is 0.138. The van der Waals surface area contributed by atoms with Gasteiger partial charge in [-0.1, -0.05) is 12.1 Å². The Kier molecular flexibility index (Phi) is 4.12. The molecule has 0 unspecified atom stereocenters. The number of hydrogen-bond acceptors (Lipinski definition) is 5. The van der Waals surface area contributed by atoms with E-state index in [-0.39, 0.29) is 5.60 Å². The molecule has 1 saturated heterocycles. The third kappa shape index (κ3) is 3.15. The average molecular weight is 377 g/mol. The first kappa shape index (κ1) is 17.6. The van der Waals surface area contributed by atoms with E-state index in [2.05, 4.69) is 46.9 Å². The topological polar surface area (TPSA) is 56.1 Å². The first-order chi connectivity index (χ1) is 13.5. The van der Waals surface area contributed by atoms with E-state index in [1.54, 1.807) is 12.4 Å². The number of likely N-dealkylation sites (tertiary alicyclic amines) is 1. The van der Waals surface area contributed by atoms with Gasteiger partial charge in [0.2, 0.25) is 0 Å². The van der Waals surface area contributed by atoms with Crippen molar-refractivity contribution in [1.82, 2.24) is 24.6 Å². The summed E-state index contributed by atoms with van der Waals surface area (Å²) in [6, 6.07) is 6.69. The molecule has 0 amide bonds. The molecule has 6 heteroatoms. The quantitative estimate of drug-likeness (QED) is 0.700. The number of ether oxygens (including phenoxy) is 1. The van der Waals surface area contributed by atoms with Crippen LogP contribution in [0.2, 0.25) is 0 Å². The van der Waals surface area contributed by atoms with Gasteiger partial charge >= 0.3 is 0 Å². The summed E-state index contributed by atoms with van der Waals surface area (Å²) in [6.45, 7) is 7.49. The predicted octanol–water partition coefficient (Wildman–Crippen LogP) is 3.46. The minimum atomic E-state index is -0.0757. The lowest BCUT2D eigenvalue weighted by Gasteiger charge is -2.31. The molecule has 5 rings (SSSR count). The minimum Gasteiger partial charge on any atom is -0.487 e. The van der Waals surface area contributed by atoms with E-state index < -0.39 is 0 Å². The monoisotopic (exact) mass is 377 g/mol. The van der Waals surface area contributed by atoms with Crippen LogP contribution in [0.25, 0.3) is 11.2 Å². The van der Waals surface area contributed by atoms with Gasteiger partial charge in [0.25, 0.3) is 0 Å². The van der Waals surface area contributed by atoms with Gasteiger partial charge in [0, 0.05) is 38.3 Å². The number of hydrogen-bond donors (Lipinski definition) is 0.